The molecule has 0 bridgehead atoms. The summed E-state index contributed by atoms with van der Waals surface area (Å²) in [5.74, 6) is 0.0622. The molecule has 0 saturated heterocycles. The van der Waals surface area contributed by atoms with E-state index in [0.717, 1.165) is 46.1 Å². The van der Waals surface area contributed by atoms with Crippen LogP contribution in [0.5, 0.6) is 0 Å². The van der Waals surface area contributed by atoms with E-state index in [-0.39, 0.29) is 6.42 Å². The summed E-state index contributed by atoms with van der Waals surface area (Å²) < 4.78 is 6.09. The van der Waals surface area contributed by atoms with Gasteiger partial charge >= 0.3 is 5.97 Å². The topological polar surface area (TPSA) is 62.8 Å². The van der Waals surface area contributed by atoms with Crippen LogP contribution in [0.15, 0.2) is 64.0 Å². The molecule has 2 aromatic carbocycles. The van der Waals surface area contributed by atoms with Gasteiger partial charge < -0.3 is 9.52 Å². The molecule has 0 atom stereocenters. The molecule has 134 valence electrons. The Labute approximate surface area is 152 Å². The monoisotopic (exact) mass is 349 g/mol. The molecule has 0 aliphatic rings. The number of rotatable bonds is 7. The van der Waals surface area contributed by atoms with Crippen molar-refractivity contribution in [2.24, 2.45) is 4.99 Å². The molecule has 0 aliphatic carbocycles. The number of carbonyl (C=O) groups is 1. The third-order valence-corrected chi connectivity index (χ3v) is 4.29. The maximum atomic E-state index is 10.6. The van der Waals surface area contributed by atoms with E-state index >= 15 is 0 Å². The van der Waals surface area contributed by atoms with Crippen molar-refractivity contribution in [1.82, 2.24) is 0 Å². The first kappa shape index (κ1) is 17.9. The fourth-order valence-corrected chi connectivity index (χ4v) is 2.92. The van der Waals surface area contributed by atoms with E-state index in [1.54, 1.807) is 0 Å². The SMILES string of the molecule is Cc1ccc2oc(-c3ccccc3)cc(=NCCCCCC(=O)O)c2c1. The van der Waals surface area contributed by atoms with Gasteiger partial charge in [-0.2, -0.15) is 0 Å². The van der Waals surface area contributed by atoms with Gasteiger partial charge in [0.2, 0.25) is 0 Å². The van der Waals surface area contributed by atoms with Crippen LogP contribution in [0.2, 0.25) is 0 Å². The number of hydrogen-bond donors (Lipinski definition) is 1. The molecule has 0 aliphatic heterocycles. The maximum absolute atomic E-state index is 10.6. The van der Waals surface area contributed by atoms with Crippen LogP contribution >= 0.6 is 0 Å². The van der Waals surface area contributed by atoms with Gasteiger partial charge in [0.1, 0.15) is 11.3 Å². The van der Waals surface area contributed by atoms with Crippen LogP contribution in [0.3, 0.4) is 0 Å². The molecule has 1 N–H and O–H groups in total. The Balaban J connectivity index is 1.90. The maximum Gasteiger partial charge on any atom is 0.303 e. The average Bonchev–Trinajstić information content (AvgIpc) is 2.65. The summed E-state index contributed by atoms with van der Waals surface area (Å²) in [7, 11) is 0. The second-order valence-electron chi connectivity index (χ2n) is 6.45. The van der Waals surface area contributed by atoms with Crippen LogP contribution in [-0.2, 0) is 4.79 Å². The predicted octanol–water partition coefficient (Wildman–Crippen LogP) is 4.95. The highest BCUT2D eigenvalue weighted by molar-refractivity contribution is 5.79. The van der Waals surface area contributed by atoms with Gasteiger partial charge in [0.25, 0.3) is 0 Å². The predicted molar refractivity (Wildman–Crippen MR) is 103 cm³/mol. The van der Waals surface area contributed by atoms with Crippen LogP contribution < -0.4 is 5.36 Å². The standard InChI is InChI=1S/C22H23NO3/c1-16-11-12-20-18(14-16)19(23-13-7-3-6-10-22(24)25)15-21(26-20)17-8-4-2-5-9-17/h2,4-5,8-9,11-12,14-15H,3,6-7,10,13H2,1H3,(H,24,25). The minimum Gasteiger partial charge on any atom is -0.481 e. The van der Waals surface area contributed by atoms with Crippen LogP contribution in [-0.4, -0.2) is 17.6 Å². The lowest BCUT2D eigenvalue weighted by atomic mass is 10.1. The molecule has 4 nitrogen and oxygen atoms in total. The molecule has 1 heterocycles. The zero-order chi connectivity index (χ0) is 18.4. The van der Waals surface area contributed by atoms with E-state index in [0.29, 0.717) is 13.0 Å². The Hall–Kier alpha value is -2.88. The van der Waals surface area contributed by atoms with Crippen LogP contribution in [0, 0.1) is 6.92 Å². The molecular weight excluding hydrogens is 326 g/mol. The molecule has 4 heteroatoms. The Morgan fingerprint density at radius 1 is 1.04 bits per heavy atom. The van der Waals surface area contributed by atoms with Gasteiger partial charge in [0.15, 0.2) is 0 Å². The highest BCUT2D eigenvalue weighted by Crippen LogP contribution is 2.22. The number of fused-ring (bicyclic) bond motifs is 1. The van der Waals surface area contributed by atoms with Gasteiger partial charge in [-0.1, -0.05) is 48.4 Å². The van der Waals surface area contributed by atoms with E-state index in [1.807, 2.05) is 48.5 Å². The molecule has 0 unspecified atom stereocenters. The summed E-state index contributed by atoms with van der Waals surface area (Å²) in [5, 5.41) is 10.6. The number of aryl methyl sites for hydroxylation is 1. The van der Waals surface area contributed by atoms with Gasteiger partial charge in [-0.3, -0.25) is 9.79 Å². The van der Waals surface area contributed by atoms with Gasteiger partial charge in [0, 0.05) is 30.0 Å². The molecule has 0 spiro atoms. The van der Waals surface area contributed by atoms with E-state index in [9.17, 15) is 4.79 Å². The lowest BCUT2D eigenvalue weighted by Crippen LogP contribution is -2.05. The summed E-state index contributed by atoms with van der Waals surface area (Å²) >= 11 is 0. The van der Waals surface area contributed by atoms with E-state index in [1.165, 1.54) is 0 Å². The average molecular weight is 349 g/mol. The Morgan fingerprint density at radius 3 is 2.62 bits per heavy atom. The minimum absolute atomic E-state index is 0.227. The van der Waals surface area contributed by atoms with Crippen molar-refractivity contribution >= 4 is 16.9 Å². The van der Waals surface area contributed by atoms with Gasteiger partial charge in [-0.15, -0.1) is 0 Å². The molecule has 0 amide bonds. The molecular formula is C22H23NO3. The quantitative estimate of drug-likeness (QED) is 0.614. The first-order valence-corrected chi connectivity index (χ1v) is 8.96. The third-order valence-electron chi connectivity index (χ3n) is 4.29. The Morgan fingerprint density at radius 2 is 1.85 bits per heavy atom. The fraction of sp³-hybridized carbons (Fsp3) is 0.273. The number of hydrogen-bond acceptors (Lipinski definition) is 3. The smallest absolute Gasteiger partial charge is 0.303 e. The number of carboxylic acid groups (broad SMARTS) is 1. The number of nitrogens with zero attached hydrogens (tertiary/aromatic N) is 1. The summed E-state index contributed by atoms with van der Waals surface area (Å²) in [6, 6.07) is 18.1. The molecule has 3 aromatic rings. The van der Waals surface area contributed by atoms with Crippen molar-refractivity contribution in [1.29, 1.82) is 0 Å². The van der Waals surface area contributed by atoms with E-state index in [4.69, 9.17) is 14.5 Å². The van der Waals surface area contributed by atoms with Crippen molar-refractivity contribution in [2.75, 3.05) is 6.54 Å². The molecule has 0 saturated carbocycles. The summed E-state index contributed by atoms with van der Waals surface area (Å²) in [6.07, 6.45) is 2.68. The lowest BCUT2D eigenvalue weighted by Gasteiger charge is -2.06. The number of unbranched alkanes of at least 4 members (excludes halogenated alkanes) is 2. The summed E-state index contributed by atoms with van der Waals surface area (Å²) in [4.78, 5) is 15.3. The fourth-order valence-electron chi connectivity index (χ4n) is 2.92. The lowest BCUT2D eigenvalue weighted by molar-refractivity contribution is -0.137. The minimum atomic E-state index is -0.736. The van der Waals surface area contributed by atoms with Crippen LogP contribution in [0.25, 0.3) is 22.3 Å². The Kier molecular flexibility index (Phi) is 5.84. The van der Waals surface area contributed by atoms with Crippen LogP contribution in [0.4, 0.5) is 0 Å². The van der Waals surface area contributed by atoms with E-state index in [2.05, 4.69) is 13.0 Å². The molecule has 0 fully saturated rings. The number of aliphatic carboxylic acids is 1. The van der Waals surface area contributed by atoms with Crippen molar-refractivity contribution < 1.29 is 14.3 Å². The first-order chi connectivity index (χ1) is 12.6. The highest BCUT2D eigenvalue weighted by Gasteiger charge is 2.06. The second kappa shape index (κ2) is 8.48. The van der Waals surface area contributed by atoms with Crippen molar-refractivity contribution in [2.45, 2.75) is 32.6 Å². The summed E-state index contributed by atoms with van der Waals surface area (Å²) in [6.45, 7) is 2.74. The van der Waals surface area contributed by atoms with Gasteiger partial charge in [-0.25, -0.2) is 0 Å². The second-order valence-corrected chi connectivity index (χ2v) is 6.45. The van der Waals surface area contributed by atoms with Crippen LogP contribution in [0.1, 0.15) is 31.2 Å². The highest BCUT2D eigenvalue weighted by atomic mass is 16.4. The molecule has 0 radical (unpaired) electrons. The summed E-state index contributed by atoms with van der Waals surface area (Å²) in [5.41, 5.74) is 3.01. The first-order valence-electron chi connectivity index (χ1n) is 8.96. The molecule has 26 heavy (non-hydrogen) atoms. The largest absolute Gasteiger partial charge is 0.481 e. The van der Waals surface area contributed by atoms with Gasteiger partial charge in [0.05, 0.1) is 5.36 Å². The van der Waals surface area contributed by atoms with Crippen molar-refractivity contribution in [3.05, 3.63) is 65.5 Å². The van der Waals surface area contributed by atoms with E-state index < -0.39 is 5.97 Å². The third kappa shape index (κ3) is 4.60. The number of benzene rings is 2. The molecule has 1 aromatic heterocycles. The zero-order valence-corrected chi connectivity index (χ0v) is 14.9. The van der Waals surface area contributed by atoms with Crippen molar-refractivity contribution in [3.63, 3.8) is 0 Å². The van der Waals surface area contributed by atoms with Crippen molar-refractivity contribution in [3.8, 4) is 11.3 Å². The van der Waals surface area contributed by atoms with Gasteiger partial charge in [-0.05, 0) is 31.9 Å². The molecule has 3 rings (SSSR count). The zero-order valence-electron chi connectivity index (χ0n) is 14.9. The number of carboxylic acids is 1. The normalized spacial score (nSPS) is 11.8. The Bertz CT molecular complexity index is 958.